The van der Waals surface area contributed by atoms with Crippen LogP contribution in [0.15, 0.2) is 18.2 Å². The van der Waals surface area contributed by atoms with Crippen LogP contribution >= 0.6 is 15.9 Å². The van der Waals surface area contributed by atoms with Crippen LogP contribution in [0.5, 0.6) is 0 Å². The van der Waals surface area contributed by atoms with E-state index in [1.807, 2.05) is 0 Å². The summed E-state index contributed by atoms with van der Waals surface area (Å²) in [4.78, 5) is 11.7. The van der Waals surface area contributed by atoms with Gasteiger partial charge in [0.15, 0.2) is 0 Å². The molecule has 2 N–H and O–H groups in total. The van der Waals surface area contributed by atoms with E-state index in [1.165, 1.54) is 18.2 Å². The summed E-state index contributed by atoms with van der Waals surface area (Å²) < 4.78 is 18.3. The topological polar surface area (TPSA) is 58.6 Å². The van der Waals surface area contributed by atoms with Gasteiger partial charge in [0.2, 0.25) is 0 Å². The molecule has 4 nitrogen and oxygen atoms in total. The molecule has 1 aromatic rings. The zero-order valence-electron chi connectivity index (χ0n) is 11.0. The monoisotopic (exact) mass is 333 g/mol. The van der Waals surface area contributed by atoms with Crippen molar-refractivity contribution >= 4 is 27.7 Å². The molecule has 1 rings (SSSR count). The SMILES string of the molecule is CC(C)(C)OC(=O)Nc1ccc(F)cc1C(O)CBr. The van der Waals surface area contributed by atoms with E-state index in [0.717, 1.165) is 0 Å². The lowest BCUT2D eigenvalue weighted by Crippen LogP contribution is -2.27. The number of hydrogen-bond donors (Lipinski definition) is 2. The Morgan fingerprint density at radius 2 is 2.16 bits per heavy atom. The first-order valence-corrected chi connectivity index (χ1v) is 6.88. The molecule has 0 aliphatic carbocycles. The molecule has 1 unspecified atom stereocenters. The molecule has 0 fully saturated rings. The molecule has 1 amide bonds. The van der Waals surface area contributed by atoms with Gasteiger partial charge in [-0.25, -0.2) is 9.18 Å². The minimum absolute atomic E-state index is 0.236. The predicted octanol–water partition coefficient (Wildman–Crippen LogP) is 3.60. The minimum atomic E-state index is -0.916. The van der Waals surface area contributed by atoms with Gasteiger partial charge in [-0.1, -0.05) is 15.9 Å². The van der Waals surface area contributed by atoms with Gasteiger partial charge in [0, 0.05) is 10.9 Å². The Labute approximate surface area is 120 Å². The first-order chi connectivity index (χ1) is 8.73. The van der Waals surface area contributed by atoms with Crippen LogP contribution in [0.2, 0.25) is 0 Å². The molecule has 19 heavy (non-hydrogen) atoms. The maximum atomic E-state index is 13.2. The van der Waals surface area contributed by atoms with Crippen molar-refractivity contribution in [2.24, 2.45) is 0 Å². The Morgan fingerprint density at radius 3 is 2.68 bits per heavy atom. The van der Waals surface area contributed by atoms with Gasteiger partial charge < -0.3 is 9.84 Å². The van der Waals surface area contributed by atoms with Crippen LogP contribution in [0, 0.1) is 5.82 Å². The third-order valence-corrected chi connectivity index (χ3v) is 2.77. The van der Waals surface area contributed by atoms with Gasteiger partial charge in [-0.05, 0) is 39.0 Å². The number of aliphatic hydroxyl groups is 1. The zero-order valence-corrected chi connectivity index (χ0v) is 12.6. The van der Waals surface area contributed by atoms with Crippen molar-refractivity contribution < 1.29 is 19.0 Å². The molecule has 0 aromatic heterocycles. The smallest absolute Gasteiger partial charge is 0.412 e. The molecule has 0 bridgehead atoms. The molecule has 0 radical (unpaired) electrons. The number of ether oxygens (including phenoxy) is 1. The number of nitrogens with one attached hydrogen (secondary N) is 1. The van der Waals surface area contributed by atoms with E-state index in [9.17, 15) is 14.3 Å². The number of amides is 1. The second-order valence-corrected chi connectivity index (χ2v) is 5.68. The number of anilines is 1. The molecular formula is C13H17BrFNO3. The Bertz CT molecular complexity index is 460. The Balaban J connectivity index is 2.91. The second kappa shape index (κ2) is 6.34. The quantitative estimate of drug-likeness (QED) is 0.831. The first-order valence-electron chi connectivity index (χ1n) is 5.76. The van der Waals surface area contributed by atoms with E-state index in [0.29, 0.717) is 11.3 Å². The standard InChI is InChI=1S/C13H17BrFNO3/c1-13(2,3)19-12(18)16-10-5-4-8(15)6-9(10)11(17)7-14/h4-6,11,17H,7H2,1-3H3,(H,16,18). The molecule has 1 aromatic carbocycles. The molecule has 0 saturated carbocycles. The van der Waals surface area contributed by atoms with Crippen LogP contribution in [-0.2, 0) is 4.74 Å². The van der Waals surface area contributed by atoms with Crippen molar-refractivity contribution in [1.82, 2.24) is 0 Å². The van der Waals surface area contributed by atoms with Crippen molar-refractivity contribution in [2.75, 3.05) is 10.6 Å². The van der Waals surface area contributed by atoms with E-state index in [1.54, 1.807) is 20.8 Å². The number of halogens is 2. The number of carbonyl (C=O) groups excluding carboxylic acids is 1. The normalized spacial score (nSPS) is 12.9. The van der Waals surface area contributed by atoms with Gasteiger partial charge >= 0.3 is 6.09 Å². The molecule has 0 aliphatic rings. The predicted molar refractivity (Wildman–Crippen MR) is 75.0 cm³/mol. The van der Waals surface area contributed by atoms with Gasteiger partial charge in [-0.2, -0.15) is 0 Å². The maximum absolute atomic E-state index is 13.2. The van der Waals surface area contributed by atoms with Crippen LogP contribution < -0.4 is 5.32 Å². The number of carbonyl (C=O) groups is 1. The molecule has 0 heterocycles. The van der Waals surface area contributed by atoms with Crippen LogP contribution in [0.1, 0.15) is 32.4 Å². The molecule has 106 valence electrons. The largest absolute Gasteiger partial charge is 0.444 e. The maximum Gasteiger partial charge on any atom is 0.412 e. The average Bonchev–Trinajstić information content (AvgIpc) is 2.28. The van der Waals surface area contributed by atoms with Gasteiger partial charge in [0.05, 0.1) is 11.8 Å². The summed E-state index contributed by atoms with van der Waals surface area (Å²) in [5, 5.41) is 12.5. The van der Waals surface area contributed by atoms with Gasteiger partial charge in [-0.3, -0.25) is 5.32 Å². The van der Waals surface area contributed by atoms with E-state index >= 15 is 0 Å². The minimum Gasteiger partial charge on any atom is -0.444 e. The third-order valence-electron chi connectivity index (χ3n) is 2.15. The molecule has 0 saturated heterocycles. The number of benzene rings is 1. The van der Waals surface area contributed by atoms with E-state index in [2.05, 4.69) is 21.2 Å². The Hall–Kier alpha value is -1.14. The Kier molecular flexibility index (Phi) is 5.31. The number of alkyl halides is 1. The van der Waals surface area contributed by atoms with Crippen molar-refractivity contribution in [1.29, 1.82) is 0 Å². The molecule has 0 spiro atoms. The van der Waals surface area contributed by atoms with Crippen molar-refractivity contribution in [3.05, 3.63) is 29.6 Å². The summed E-state index contributed by atoms with van der Waals surface area (Å²) in [5.74, 6) is -0.482. The van der Waals surface area contributed by atoms with E-state index in [-0.39, 0.29) is 5.33 Å². The number of rotatable bonds is 3. The molecular weight excluding hydrogens is 317 g/mol. The summed E-state index contributed by atoms with van der Waals surface area (Å²) in [6.45, 7) is 5.22. The average molecular weight is 334 g/mol. The molecule has 1 atom stereocenters. The first kappa shape index (κ1) is 15.9. The lowest BCUT2D eigenvalue weighted by atomic mass is 10.1. The highest BCUT2D eigenvalue weighted by Gasteiger charge is 2.19. The highest BCUT2D eigenvalue weighted by atomic mass is 79.9. The summed E-state index contributed by atoms with van der Waals surface area (Å²) >= 11 is 3.11. The Morgan fingerprint density at radius 1 is 1.53 bits per heavy atom. The third kappa shape index (κ3) is 5.16. The molecule has 6 heteroatoms. The fraction of sp³-hybridized carbons (Fsp3) is 0.462. The number of aliphatic hydroxyl groups excluding tert-OH is 1. The van der Waals surface area contributed by atoms with Crippen molar-refractivity contribution in [3.8, 4) is 0 Å². The van der Waals surface area contributed by atoms with Crippen LogP contribution in [0.25, 0.3) is 0 Å². The van der Waals surface area contributed by atoms with Crippen molar-refractivity contribution in [3.63, 3.8) is 0 Å². The lowest BCUT2D eigenvalue weighted by Gasteiger charge is -2.21. The van der Waals surface area contributed by atoms with Gasteiger partial charge in [0.25, 0.3) is 0 Å². The van der Waals surface area contributed by atoms with Crippen molar-refractivity contribution in [2.45, 2.75) is 32.5 Å². The van der Waals surface area contributed by atoms with E-state index < -0.39 is 23.6 Å². The number of hydrogen-bond acceptors (Lipinski definition) is 3. The summed E-state index contributed by atoms with van der Waals surface area (Å²) in [6.07, 6.45) is -1.57. The van der Waals surface area contributed by atoms with E-state index in [4.69, 9.17) is 4.74 Å². The summed E-state index contributed by atoms with van der Waals surface area (Å²) in [5.41, 5.74) is -0.0106. The summed E-state index contributed by atoms with van der Waals surface area (Å²) in [6, 6.07) is 3.77. The van der Waals surface area contributed by atoms with Crippen LogP contribution in [0.4, 0.5) is 14.9 Å². The highest BCUT2D eigenvalue weighted by Crippen LogP contribution is 2.26. The van der Waals surface area contributed by atoms with Crippen LogP contribution in [-0.4, -0.2) is 22.1 Å². The van der Waals surface area contributed by atoms with Crippen LogP contribution in [0.3, 0.4) is 0 Å². The fourth-order valence-electron chi connectivity index (χ4n) is 1.42. The fourth-order valence-corrected chi connectivity index (χ4v) is 1.77. The molecule has 0 aliphatic heterocycles. The second-order valence-electron chi connectivity index (χ2n) is 5.03. The summed E-state index contributed by atoms with van der Waals surface area (Å²) in [7, 11) is 0. The van der Waals surface area contributed by atoms with Gasteiger partial charge in [-0.15, -0.1) is 0 Å². The zero-order chi connectivity index (χ0) is 14.6. The lowest BCUT2D eigenvalue weighted by molar-refractivity contribution is 0.0635. The highest BCUT2D eigenvalue weighted by molar-refractivity contribution is 9.09. The van der Waals surface area contributed by atoms with Gasteiger partial charge in [0.1, 0.15) is 11.4 Å².